The van der Waals surface area contributed by atoms with E-state index in [1.54, 1.807) is 31.4 Å². The number of anilines is 1. The van der Waals surface area contributed by atoms with Gasteiger partial charge in [0.15, 0.2) is 17.3 Å². The smallest absolute Gasteiger partial charge is 0.350 e. The number of benzene rings is 2. The minimum absolute atomic E-state index is 0.0936. The van der Waals surface area contributed by atoms with Crippen LogP contribution in [0.1, 0.15) is 41.6 Å². The minimum Gasteiger partial charge on any atom is -0.493 e. The van der Waals surface area contributed by atoms with Gasteiger partial charge in [-0.2, -0.15) is 0 Å². The Hall–Kier alpha value is -5.24. The summed E-state index contributed by atoms with van der Waals surface area (Å²) in [5.74, 6) is 0.624. The van der Waals surface area contributed by atoms with E-state index in [-0.39, 0.29) is 35.0 Å². The van der Waals surface area contributed by atoms with Gasteiger partial charge in [-0.15, -0.1) is 9.78 Å². The fourth-order valence-electron chi connectivity index (χ4n) is 4.36. The summed E-state index contributed by atoms with van der Waals surface area (Å²) >= 11 is 0. The van der Waals surface area contributed by atoms with Crippen LogP contribution >= 0.6 is 0 Å². The summed E-state index contributed by atoms with van der Waals surface area (Å²) < 4.78 is 23.4. The van der Waals surface area contributed by atoms with Gasteiger partial charge in [-0.1, -0.05) is 0 Å². The van der Waals surface area contributed by atoms with E-state index in [1.165, 1.54) is 32.5 Å². The highest BCUT2D eigenvalue weighted by molar-refractivity contribution is 5.98. The standard InChI is InChI=1S/C26H26N8O6/c1-13(35)40-18-11-15(5-6-16(18)23(27)28)31-21(24-32-26(36)34(33-24)25-29-7-4-8-30-25)14-9-17-20(38-3)12-39-22(17)19(10-14)37-2/h4-11,20-21,31H,12H2,1-3H3,(H3,27,28)(H,32,33,36)/t20-,21+/m1/s1. The molecule has 0 bridgehead atoms. The zero-order chi connectivity index (χ0) is 28.4. The van der Waals surface area contributed by atoms with Gasteiger partial charge in [-0.05, 0) is 35.9 Å². The Morgan fingerprint density at radius 2 is 2.00 bits per heavy atom. The van der Waals surface area contributed by atoms with Crippen molar-refractivity contribution in [2.24, 2.45) is 5.73 Å². The predicted octanol–water partition coefficient (Wildman–Crippen LogP) is 1.85. The SMILES string of the molecule is COc1cc([C@H](Nc2ccc(C(=N)N)c(OC(C)=O)c2)c2nn(-c3ncccn3)c(=O)[nH]2)cc2c1OC[C@H]2OC. The summed E-state index contributed by atoms with van der Waals surface area (Å²) in [6, 6.07) is 9.26. The minimum atomic E-state index is -0.761. The van der Waals surface area contributed by atoms with Crippen LogP contribution in [-0.4, -0.2) is 57.4 Å². The summed E-state index contributed by atoms with van der Waals surface area (Å²) in [4.78, 5) is 35.6. The average molecular weight is 547 g/mol. The number of carbonyl (C=O) groups excluding carboxylic acids is 1. The first kappa shape index (κ1) is 26.4. The molecule has 0 amide bonds. The predicted molar refractivity (Wildman–Crippen MR) is 142 cm³/mol. The van der Waals surface area contributed by atoms with Gasteiger partial charge in [0.2, 0.25) is 0 Å². The Bertz CT molecular complexity index is 1630. The number of aromatic amines is 1. The van der Waals surface area contributed by atoms with Crippen LogP contribution in [0.5, 0.6) is 17.2 Å². The summed E-state index contributed by atoms with van der Waals surface area (Å²) in [6.07, 6.45) is 2.68. The lowest BCUT2D eigenvalue weighted by molar-refractivity contribution is -0.131. The number of rotatable bonds is 9. The molecule has 0 fully saturated rings. The van der Waals surface area contributed by atoms with Crippen molar-refractivity contribution in [2.45, 2.75) is 19.1 Å². The molecule has 14 nitrogen and oxygen atoms in total. The molecule has 1 aliphatic rings. The zero-order valence-electron chi connectivity index (χ0n) is 21.8. The molecule has 3 heterocycles. The second-order valence-electron chi connectivity index (χ2n) is 8.75. The number of hydrogen-bond acceptors (Lipinski definition) is 11. The molecule has 206 valence electrons. The summed E-state index contributed by atoms with van der Waals surface area (Å²) in [5, 5.41) is 15.6. The number of fused-ring (bicyclic) bond motifs is 1. The number of H-pyrrole nitrogens is 1. The third-order valence-corrected chi connectivity index (χ3v) is 6.16. The molecule has 5 N–H and O–H groups in total. The van der Waals surface area contributed by atoms with Crippen LogP contribution in [-0.2, 0) is 9.53 Å². The molecule has 2 atom stereocenters. The molecular formula is C26H26N8O6. The van der Waals surface area contributed by atoms with E-state index in [0.29, 0.717) is 29.4 Å². The molecule has 2 aromatic heterocycles. The molecule has 0 unspecified atom stereocenters. The summed E-state index contributed by atoms with van der Waals surface area (Å²) in [5.41, 5.74) is 7.28. The monoisotopic (exact) mass is 546 g/mol. The van der Waals surface area contributed by atoms with E-state index < -0.39 is 17.7 Å². The normalized spacial score (nSPS) is 14.6. The number of nitrogen functional groups attached to an aromatic ring is 1. The van der Waals surface area contributed by atoms with E-state index in [0.717, 1.165) is 10.2 Å². The first-order chi connectivity index (χ1) is 19.3. The highest BCUT2D eigenvalue weighted by Gasteiger charge is 2.31. The van der Waals surface area contributed by atoms with Gasteiger partial charge in [-0.25, -0.2) is 14.8 Å². The Labute approximate surface area is 227 Å². The maximum atomic E-state index is 12.9. The fourth-order valence-corrected chi connectivity index (χ4v) is 4.36. The number of nitrogens with zero attached hydrogens (tertiary/aromatic N) is 4. The molecule has 5 rings (SSSR count). The number of amidine groups is 1. The number of nitrogens with one attached hydrogen (secondary N) is 3. The first-order valence-electron chi connectivity index (χ1n) is 12.1. The first-order valence-corrected chi connectivity index (χ1v) is 12.1. The van der Waals surface area contributed by atoms with E-state index in [1.807, 2.05) is 6.07 Å². The molecular weight excluding hydrogens is 520 g/mol. The lowest BCUT2D eigenvalue weighted by atomic mass is 9.99. The molecule has 0 spiro atoms. The van der Waals surface area contributed by atoms with Gasteiger partial charge >= 0.3 is 11.7 Å². The molecule has 1 aliphatic heterocycles. The molecule has 4 aromatic rings. The Morgan fingerprint density at radius 1 is 1.23 bits per heavy atom. The van der Waals surface area contributed by atoms with Crippen molar-refractivity contribution in [1.29, 1.82) is 5.41 Å². The van der Waals surface area contributed by atoms with Crippen molar-refractivity contribution in [3.05, 3.63) is 81.8 Å². The Morgan fingerprint density at radius 3 is 2.67 bits per heavy atom. The van der Waals surface area contributed by atoms with Gasteiger partial charge in [-0.3, -0.25) is 15.2 Å². The quantitative estimate of drug-likeness (QED) is 0.104. The Balaban J connectivity index is 1.64. The van der Waals surface area contributed by atoms with Gasteiger partial charge in [0.05, 0.1) is 12.7 Å². The lowest BCUT2D eigenvalue weighted by Crippen LogP contribution is -2.18. The number of nitrogens with two attached hydrogens (primary N) is 1. The summed E-state index contributed by atoms with van der Waals surface area (Å²) in [7, 11) is 3.12. The molecule has 0 aliphatic carbocycles. The van der Waals surface area contributed by atoms with E-state index in [4.69, 9.17) is 30.1 Å². The molecule has 40 heavy (non-hydrogen) atoms. The maximum Gasteiger partial charge on any atom is 0.350 e. The highest BCUT2D eigenvalue weighted by Crippen LogP contribution is 2.44. The molecule has 2 aromatic carbocycles. The van der Waals surface area contributed by atoms with Gasteiger partial charge < -0.3 is 30.0 Å². The van der Waals surface area contributed by atoms with E-state index in [9.17, 15) is 9.59 Å². The van der Waals surface area contributed by atoms with Crippen molar-refractivity contribution >= 4 is 17.5 Å². The molecule has 0 saturated heterocycles. The van der Waals surface area contributed by atoms with Crippen LogP contribution in [0.15, 0.2) is 53.6 Å². The fraction of sp³-hybridized carbons (Fsp3) is 0.231. The van der Waals surface area contributed by atoms with Crippen LogP contribution in [0.2, 0.25) is 0 Å². The van der Waals surface area contributed by atoms with Crippen molar-refractivity contribution in [2.75, 3.05) is 26.1 Å². The van der Waals surface area contributed by atoms with Crippen LogP contribution in [0.4, 0.5) is 5.69 Å². The van der Waals surface area contributed by atoms with Crippen molar-refractivity contribution in [3.63, 3.8) is 0 Å². The topological polar surface area (TPSA) is 192 Å². The average Bonchev–Trinajstić information content (AvgIpc) is 3.54. The number of esters is 1. The molecule has 0 saturated carbocycles. The largest absolute Gasteiger partial charge is 0.493 e. The molecule has 0 radical (unpaired) electrons. The Kier molecular flexibility index (Phi) is 7.16. The third kappa shape index (κ3) is 5.07. The number of methoxy groups -OCH3 is 2. The second-order valence-corrected chi connectivity index (χ2v) is 8.75. The van der Waals surface area contributed by atoms with Crippen molar-refractivity contribution in [1.82, 2.24) is 24.7 Å². The second kappa shape index (κ2) is 10.9. The van der Waals surface area contributed by atoms with Crippen LogP contribution in [0, 0.1) is 5.41 Å². The molecule has 14 heteroatoms. The zero-order valence-corrected chi connectivity index (χ0v) is 21.8. The van der Waals surface area contributed by atoms with E-state index in [2.05, 4.69) is 25.4 Å². The lowest BCUT2D eigenvalue weighted by Gasteiger charge is -2.21. The number of ether oxygens (including phenoxy) is 4. The number of hydrogen-bond donors (Lipinski definition) is 4. The third-order valence-electron chi connectivity index (χ3n) is 6.16. The van der Waals surface area contributed by atoms with Crippen LogP contribution in [0.3, 0.4) is 0 Å². The number of carbonyl (C=O) groups is 1. The van der Waals surface area contributed by atoms with E-state index >= 15 is 0 Å². The maximum absolute atomic E-state index is 12.9. The van der Waals surface area contributed by atoms with Gasteiger partial charge in [0.1, 0.15) is 30.3 Å². The highest BCUT2D eigenvalue weighted by atomic mass is 16.6. The van der Waals surface area contributed by atoms with Crippen molar-refractivity contribution in [3.8, 4) is 23.2 Å². The van der Waals surface area contributed by atoms with Crippen molar-refractivity contribution < 1.29 is 23.7 Å². The van der Waals surface area contributed by atoms with Crippen LogP contribution in [0.25, 0.3) is 5.95 Å². The van der Waals surface area contributed by atoms with Gasteiger partial charge in [0, 0.05) is 43.7 Å². The van der Waals surface area contributed by atoms with Crippen LogP contribution < -0.4 is 31.0 Å². The van der Waals surface area contributed by atoms with Gasteiger partial charge in [0.25, 0.3) is 5.95 Å². The number of aromatic nitrogens is 5. The summed E-state index contributed by atoms with van der Waals surface area (Å²) in [6.45, 7) is 1.57.